The molecule has 0 aliphatic carbocycles. The first-order chi connectivity index (χ1) is 14.9. The van der Waals surface area contributed by atoms with Crippen LogP contribution in [0.1, 0.15) is 37.8 Å². The quantitative estimate of drug-likeness (QED) is 0.398. The zero-order valence-electron chi connectivity index (χ0n) is 17.7. The highest BCUT2D eigenvalue weighted by Gasteiger charge is 2.28. The summed E-state index contributed by atoms with van der Waals surface area (Å²) in [6.45, 7) is 4.75. The molecule has 31 heavy (non-hydrogen) atoms. The van der Waals surface area contributed by atoms with Crippen LogP contribution >= 0.6 is 46.6 Å². The average molecular weight is 502 g/mol. The predicted molar refractivity (Wildman–Crippen MR) is 132 cm³/mol. The molecule has 1 unspecified atom stereocenters. The van der Waals surface area contributed by atoms with Gasteiger partial charge in [0.15, 0.2) is 0 Å². The monoisotopic (exact) mass is 500 g/mol. The molecule has 4 nitrogen and oxygen atoms in total. The van der Waals surface area contributed by atoms with Gasteiger partial charge < -0.3 is 10.2 Å². The van der Waals surface area contributed by atoms with Gasteiger partial charge in [-0.1, -0.05) is 72.9 Å². The molecule has 2 aromatic rings. The third-order valence-electron chi connectivity index (χ3n) is 4.73. The Morgan fingerprint density at radius 3 is 2.42 bits per heavy atom. The van der Waals surface area contributed by atoms with Crippen LogP contribution in [0.15, 0.2) is 42.5 Å². The topological polar surface area (TPSA) is 49.4 Å². The number of carbonyl (C=O) groups is 2. The normalized spacial score (nSPS) is 11.8. The van der Waals surface area contributed by atoms with Crippen molar-refractivity contribution in [1.29, 1.82) is 0 Å². The molecule has 2 rings (SSSR count). The van der Waals surface area contributed by atoms with E-state index in [1.54, 1.807) is 23.1 Å². The Morgan fingerprint density at radius 1 is 1.03 bits per heavy atom. The van der Waals surface area contributed by atoms with E-state index in [1.807, 2.05) is 38.1 Å². The molecule has 0 fully saturated rings. The Morgan fingerprint density at radius 2 is 1.77 bits per heavy atom. The van der Waals surface area contributed by atoms with Crippen LogP contribution in [-0.2, 0) is 21.9 Å². The minimum Gasteiger partial charge on any atom is -0.354 e. The van der Waals surface area contributed by atoms with Gasteiger partial charge >= 0.3 is 0 Å². The van der Waals surface area contributed by atoms with E-state index in [-0.39, 0.29) is 24.1 Å². The van der Waals surface area contributed by atoms with Gasteiger partial charge in [0.1, 0.15) is 6.04 Å². The lowest BCUT2D eigenvalue weighted by Crippen LogP contribution is -2.49. The van der Waals surface area contributed by atoms with Crippen LogP contribution in [-0.4, -0.2) is 35.1 Å². The van der Waals surface area contributed by atoms with E-state index in [9.17, 15) is 9.59 Å². The third-order valence-corrected chi connectivity index (χ3v) is 6.65. The largest absolute Gasteiger partial charge is 0.354 e. The van der Waals surface area contributed by atoms with Gasteiger partial charge in [0, 0.05) is 33.9 Å². The number of nitrogens with one attached hydrogen (secondary N) is 1. The Bertz CT molecular complexity index is 895. The van der Waals surface area contributed by atoms with Gasteiger partial charge in [0.25, 0.3) is 0 Å². The molecular weight excluding hydrogens is 475 g/mol. The first-order valence-electron chi connectivity index (χ1n) is 10.2. The second-order valence-corrected chi connectivity index (χ2v) is 9.29. The molecule has 8 heteroatoms. The fourth-order valence-electron chi connectivity index (χ4n) is 3.07. The molecule has 0 bridgehead atoms. The Kier molecular flexibility index (Phi) is 11.0. The number of rotatable bonds is 11. The molecule has 0 aliphatic heterocycles. The minimum atomic E-state index is -0.560. The van der Waals surface area contributed by atoms with Gasteiger partial charge in [-0.2, -0.15) is 0 Å². The number of hydrogen-bond acceptors (Lipinski definition) is 3. The summed E-state index contributed by atoms with van der Waals surface area (Å²) in [5.74, 6) is 0.533. The molecular formula is C23H27Cl3N2O2S. The van der Waals surface area contributed by atoms with E-state index in [2.05, 4.69) is 5.32 Å². The zero-order valence-corrected chi connectivity index (χ0v) is 20.8. The molecule has 2 amide bonds. The predicted octanol–water partition coefficient (Wildman–Crippen LogP) is 6.21. The summed E-state index contributed by atoms with van der Waals surface area (Å²) >= 11 is 20.0. The van der Waals surface area contributed by atoms with Crippen LogP contribution < -0.4 is 5.32 Å². The number of carbonyl (C=O) groups excluding carboxylic acids is 2. The fraction of sp³-hybridized carbons (Fsp3) is 0.391. The van der Waals surface area contributed by atoms with E-state index in [4.69, 9.17) is 34.8 Å². The van der Waals surface area contributed by atoms with Gasteiger partial charge in [-0.25, -0.2) is 0 Å². The lowest BCUT2D eigenvalue weighted by Gasteiger charge is -2.31. The van der Waals surface area contributed by atoms with Crippen molar-refractivity contribution in [2.45, 2.75) is 45.0 Å². The summed E-state index contributed by atoms with van der Waals surface area (Å²) in [7, 11) is 0. The number of nitrogens with zero attached hydrogens (tertiary/aromatic N) is 1. The van der Waals surface area contributed by atoms with Crippen molar-refractivity contribution in [3.63, 3.8) is 0 Å². The highest BCUT2D eigenvalue weighted by Crippen LogP contribution is 2.26. The summed E-state index contributed by atoms with van der Waals surface area (Å²) in [5, 5.41) is 4.63. The summed E-state index contributed by atoms with van der Waals surface area (Å²) < 4.78 is 0. The minimum absolute atomic E-state index is 0.117. The summed E-state index contributed by atoms with van der Waals surface area (Å²) in [4.78, 5) is 27.6. The van der Waals surface area contributed by atoms with Crippen molar-refractivity contribution in [3.8, 4) is 0 Å². The van der Waals surface area contributed by atoms with E-state index >= 15 is 0 Å². The summed E-state index contributed by atoms with van der Waals surface area (Å²) in [5.41, 5.74) is 1.72. The molecule has 0 heterocycles. The van der Waals surface area contributed by atoms with Crippen LogP contribution in [0.25, 0.3) is 0 Å². The number of benzene rings is 2. The number of hydrogen-bond donors (Lipinski definition) is 1. The lowest BCUT2D eigenvalue weighted by atomic mass is 10.1. The highest BCUT2D eigenvalue weighted by molar-refractivity contribution is 7.99. The maximum Gasteiger partial charge on any atom is 0.242 e. The van der Waals surface area contributed by atoms with Gasteiger partial charge in [-0.05, 0) is 42.2 Å². The second-order valence-electron chi connectivity index (χ2n) is 7.06. The van der Waals surface area contributed by atoms with Crippen molar-refractivity contribution in [2.75, 3.05) is 12.3 Å². The maximum absolute atomic E-state index is 13.2. The molecule has 2 aromatic carbocycles. The Hall–Kier alpha value is -1.40. The van der Waals surface area contributed by atoms with Crippen LogP contribution in [0.2, 0.25) is 15.1 Å². The number of thioether (sulfide) groups is 1. The van der Waals surface area contributed by atoms with Gasteiger partial charge in [-0.3, -0.25) is 9.59 Å². The Balaban J connectivity index is 2.14. The van der Waals surface area contributed by atoms with Crippen molar-refractivity contribution in [2.24, 2.45) is 0 Å². The van der Waals surface area contributed by atoms with E-state index in [1.165, 1.54) is 11.8 Å². The lowest BCUT2D eigenvalue weighted by molar-refractivity contribution is -0.139. The SMILES string of the molecule is CCCNC(=O)C(CC)N(Cc1ccccc1Cl)C(=O)CSCc1ccc(Cl)cc1Cl. The second kappa shape index (κ2) is 13.2. The standard InChI is InChI=1S/C23H27Cl3N2O2S/c1-3-11-27-23(30)21(4-2)28(13-16-7-5-6-8-19(16)25)22(29)15-31-14-17-9-10-18(24)12-20(17)26/h5-10,12,21H,3-4,11,13-15H2,1-2H3,(H,27,30). The molecule has 0 saturated carbocycles. The number of amides is 2. The molecule has 0 saturated heterocycles. The van der Waals surface area contributed by atoms with Crippen molar-refractivity contribution in [3.05, 3.63) is 68.7 Å². The summed E-state index contributed by atoms with van der Waals surface area (Å²) in [6.07, 6.45) is 1.34. The third kappa shape index (κ3) is 7.90. The molecule has 0 aromatic heterocycles. The van der Waals surface area contributed by atoms with Crippen LogP contribution in [0.4, 0.5) is 0 Å². The summed E-state index contributed by atoms with van der Waals surface area (Å²) in [6, 6.07) is 12.1. The van der Waals surface area contributed by atoms with Gasteiger partial charge in [0.2, 0.25) is 11.8 Å². The van der Waals surface area contributed by atoms with Crippen molar-refractivity contribution < 1.29 is 9.59 Å². The first-order valence-corrected chi connectivity index (χ1v) is 12.5. The smallest absolute Gasteiger partial charge is 0.242 e. The first kappa shape index (κ1) is 25.9. The Labute approximate surface area is 203 Å². The van der Waals surface area contributed by atoms with Crippen LogP contribution in [0.5, 0.6) is 0 Å². The maximum atomic E-state index is 13.2. The zero-order chi connectivity index (χ0) is 22.8. The van der Waals surface area contributed by atoms with Crippen LogP contribution in [0.3, 0.4) is 0 Å². The van der Waals surface area contributed by atoms with E-state index in [0.717, 1.165) is 17.5 Å². The molecule has 168 valence electrons. The van der Waals surface area contributed by atoms with Crippen molar-refractivity contribution in [1.82, 2.24) is 10.2 Å². The van der Waals surface area contributed by atoms with E-state index < -0.39 is 6.04 Å². The molecule has 0 aliphatic rings. The fourth-order valence-corrected chi connectivity index (χ4v) is 4.73. The average Bonchev–Trinajstić information content (AvgIpc) is 2.74. The van der Waals surface area contributed by atoms with Gasteiger partial charge in [-0.15, -0.1) is 11.8 Å². The molecule has 1 N–H and O–H groups in total. The molecule has 0 radical (unpaired) electrons. The van der Waals surface area contributed by atoms with Crippen LogP contribution in [0, 0.1) is 0 Å². The van der Waals surface area contributed by atoms with Crippen molar-refractivity contribution >= 4 is 58.4 Å². The molecule has 0 spiro atoms. The molecule has 1 atom stereocenters. The highest BCUT2D eigenvalue weighted by atomic mass is 35.5. The van der Waals surface area contributed by atoms with E-state index in [0.29, 0.717) is 33.8 Å². The number of halogens is 3. The van der Waals surface area contributed by atoms with Gasteiger partial charge in [0.05, 0.1) is 5.75 Å².